The summed E-state index contributed by atoms with van der Waals surface area (Å²) < 4.78 is 27.7. The first-order valence-electron chi connectivity index (χ1n) is 9.42. The number of halogens is 2. The number of pyridine rings is 1. The first-order chi connectivity index (χ1) is 14.8. The van der Waals surface area contributed by atoms with Crippen LogP contribution < -0.4 is 5.32 Å². The number of sulfonamides is 1. The van der Waals surface area contributed by atoms with Crippen LogP contribution in [0, 0.1) is 6.92 Å². The molecule has 9 heteroatoms. The molecule has 1 N–H and O–H groups in total. The first kappa shape index (κ1) is 23.2. The summed E-state index contributed by atoms with van der Waals surface area (Å²) in [7, 11) is -3.93. The minimum atomic E-state index is -3.93. The molecule has 1 heterocycles. The molecular formula is C22H21Cl2N3O3S. The molecule has 6 nitrogen and oxygen atoms in total. The molecule has 0 aliphatic heterocycles. The second-order valence-corrected chi connectivity index (χ2v) is 9.72. The van der Waals surface area contributed by atoms with Crippen LogP contribution in [0.2, 0.25) is 10.0 Å². The van der Waals surface area contributed by atoms with E-state index in [1.165, 1.54) is 12.1 Å². The number of hydrogen-bond acceptors (Lipinski definition) is 4. The van der Waals surface area contributed by atoms with Gasteiger partial charge in [-0.15, -0.1) is 0 Å². The predicted octanol–water partition coefficient (Wildman–Crippen LogP) is 4.20. The molecule has 162 valence electrons. The highest BCUT2D eigenvalue weighted by atomic mass is 35.5. The first-order valence-corrected chi connectivity index (χ1v) is 11.6. The van der Waals surface area contributed by atoms with Crippen LogP contribution in [0.4, 0.5) is 0 Å². The summed E-state index contributed by atoms with van der Waals surface area (Å²) in [6, 6.07) is 14.9. The van der Waals surface area contributed by atoms with Crippen molar-refractivity contribution in [2.45, 2.75) is 24.9 Å². The molecule has 0 fully saturated rings. The van der Waals surface area contributed by atoms with E-state index in [0.717, 1.165) is 15.4 Å². The normalized spacial score (nSPS) is 11.5. The molecule has 0 unspecified atom stereocenters. The third-order valence-corrected chi connectivity index (χ3v) is 7.08. The van der Waals surface area contributed by atoms with Gasteiger partial charge in [-0.05, 0) is 48.4 Å². The van der Waals surface area contributed by atoms with Crippen LogP contribution in [0.5, 0.6) is 0 Å². The summed E-state index contributed by atoms with van der Waals surface area (Å²) in [4.78, 5) is 16.7. The van der Waals surface area contributed by atoms with E-state index in [-0.39, 0.29) is 24.5 Å². The van der Waals surface area contributed by atoms with E-state index in [1.54, 1.807) is 48.8 Å². The average molecular weight is 478 g/mol. The third-order valence-electron chi connectivity index (χ3n) is 4.53. The number of carbonyl (C=O) groups excluding carboxylic acids is 1. The number of benzene rings is 2. The van der Waals surface area contributed by atoms with Crippen LogP contribution in [-0.4, -0.2) is 30.2 Å². The van der Waals surface area contributed by atoms with Gasteiger partial charge in [-0.1, -0.05) is 53.0 Å². The van der Waals surface area contributed by atoms with Gasteiger partial charge in [0.05, 0.1) is 21.5 Å². The van der Waals surface area contributed by atoms with Crippen molar-refractivity contribution in [1.82, 2.24) is 14.6 Å². The molecular weight excluding hydrogens is 457 g/mol. The summed E-state index contributed by atoms with van der Waals surface area (Å²) in [5.41, 5.74) is 2.36. The largest absolute Gasteiger partial charge is 0.351 e. The van der Waals surface area contributed by atoms with Gasteiger partial charge in [0.15, 0.2) is 0 Å². The smallest absolute Gasteiger partial charge is 0.243 e. The van der Waals surface area contributed by atoms with Crippen molar-refractivity contribution < 1.29 is 13.2 Å². The molecule has 0 bridgehead atoms. The van der Waals surface area contributed by atoms with Crippen LogP contribution in [0.3, 0.4) is 0 Å². The topological polar surface area (TPSA) is 79.4 Å². The zero-order valence-electron chi connectivity index (χ0n) is 16.8. The Labute approximate surface area is 191 Å². The van der Waals surface area contributed by atoms with E-state index in [0.29, 0.717) is 15.6 Å². The molecule has 0 saturated carbocycles. The van der Waals surface area contributed by atoms with Crippen LogP contribution in [-0.2, 0) is 27.9 Å². The molecule has 0 spiro atoms. The number of amides is 1. The van der Waals surface area contributed by atoms with Gasteiger partial charge in [0.1, 0.15) is 0 Å². The quantitative estimate of drug-likeness (QED) is 0.526. The van der Waals surface area contributed by atoms with Crippen LogP contribution in [0.15, 0.2) is 71.9 Å². The number of hydrogen-bond donors (Lipinski definition) is 1. The highest BCUT2D eigenvalue weighted by Gasteiger charge is 2.27. The molecule has 3 aromatic rings. The van der Waals surface area contributed by atoms with Crippen LogP contribution in [0.25, 0.3) is 0 Å². The van der Waals surface area contributed by atoms with E-state index in [1.807, 2.05) is 13.0 Å². The third kappa shape index (κ3) is 6.27. The van der Waals surface area contributed by atoms with Crippen molar-refractivity contribution in [1.29, 1.82) is 0 Å². The zero-order chi connectivity index (χ0) is 22.4. The molecule has 31 heavy (non-hydrogen) atoms. The summed E-state index contributed by atoms with van der Waals surface area (Å²) in [6.07, 6.45) is 3.27. The molecule has 0 saturated heterocycles. The Kier molecular flexibility index (Phi) is 7.67. The monoisotopic (exact) mass is 477 g/mol. The van der Waals surface area contributed by atoms with Crippen LogP contribution in [0.1, 0.15) is 16.7 Å². The van der Waals surface area contributed by atoms with Crippen molar-refractivity contribution in [2.75, 3.05) is 6.54 Å². The van der Waals surface area contributed by atoms with E-state index in [4.69, 9.17) is 23.2 Å². The lowest BCUT2D eigenvalue weighted by Crippen LogP contribution is -2.40. The number of nitrogens with one attached hydrogen (secondary N) is 1. The number of carbonyl (C=O) groups is 1. The summed E-state index contributed by atoms with van der Waals surface area (Å²) in [5.74, 6) is -0.431. The van der Waals surface area contributed by atoms with Crippen molar-refractivity contribution in [2.24, 2.45) is 0 Å². The molecule has 0 atom stereocenters. The standard InChI is InChI=1S/C22H21Cl2N3O3S/c1-16-4-7-19(8-5-16)31(29,30)27(14-17-6-9-20(23)21(24)11-17)15-22(28)26-13-18-3-2-10-25-12-18/h2-12H,13-15H2,1H3,(H,26,28). The molecule has 0 aliphatic rings. The molecule has 1 aromatic heterocycles. The second-order valence-electron chi connectivity index (χ2n) is 6.97. The van der Waals surface area contributed by atoms with E-state index < -0.39 is 15.9 Å². The zero-order valence-corrected chi connectivity index (χ0v) is 19.1. The SMILES string of the molecule is Cc1ccc(S(=O)(=O)N(CC(=O)NCc2cccnc2)Cc2ccc(Cl)c(Cl)c2)cc1. The van der Waals surface area contributed by atoms with E-state index >= 15 is 0 Å². The Morgan fingerprint density at radius 1 is 1.03 bits per heavy atom. The van der Waals surface area contributed by atoms with Gasteiger partial charge in [0.25, 0.3) is 0 Å². The highest BCUT2D eigenvalue weighted by molar-refractivity contribution is 7.89. The van der Waals surface area contributed by atoms with E-state index in [2.05, 4.69) is 10.3 Å². The fraction of sp³-hybridized carbons (Fsp3) is 0.182. The lowest BCUT2D eigenvalue weighted by molar-refractivity contribution is -0.121. The maximum atomic E-state index is 13.3. The number of aromatic nitrogens is 1. The van der Waals surface area contributed by atoms with Crippen molar-refractivity contribution in [3.8, 4) is 0 Å². The maximum absolute atomic E-state index is 13.3. The van der Waals surface area contributed by atoms with Crippen molar-refractivity contribution in [3.05, 3.63) is 93.7 Å². The molecule has 0 aliphatic carbocycles. The lowest BCUT2D eigenvalue weighted by Gasteiger charge is -2.22. The summed E-state index contributed by atoms with van der Waals surface area (Å²) >= 11 is 12.1. The molecule has 1 amide bonds. The minimum absolute atomic E-state index is 0.0343. The van der Waals surface area contributed by atoms with Gasteiger partial charge in [-0.25, -0.2) is 8.42 Å². The van der Waals surface area contributed by atoms with E-state index in [9.17, 15) is 13.2 Å². The van der Waals surface area contributed by atoms with Gasteiger partial charge in [-0.2, -0.15) is 4.31 Å². The Morgan fingerprint density at radius 3 is 2.42 bits per heavy atom. The van der Waals surface area contributed by atoms with Crippen molar-refractivity contribution >= 4 is 39.1 Å². The van der Waals surface area contributed by atoms with Gasteiger partial charge in [0, 0.05) is 25.5 Å². The molecule has 3 rings (SSSR count). The van der Waals surface area contributed by atoms with Gasteiger partial charge in [0.2, 0.25) is 15.9 Å². The van der Waals surface area contributed by atoms with Crippen LogP contribution >= 0.6 is 23.2 Å². The highest BCUT2D eigenvalue weighted by Crippen LogP contribution is 2.25. The second kappa shape index (κ2) is 10.2. The van der Waals surface area contributed by atoms with Gasteiger partial charge < -0.3 is 5.32 Å². The fourth-order valence-corrected chi connectivity index (χ4v) is 4.55. The minimum Gasteiger partial charge on any atom is -0.351 e. The molecule has 0 radical (unpaired) electrons. The Balaban J connectivity index is 1.83. The number of nitrogens with zero attached hydrogens (tertiary/aromatic N) is 2. The Bertz CT molecular complexity index is 1150. The fourth-order valence-electron chi connectivity index (χ4n) is 2.85. The molecule has 2 aromatic carbocycles. The number of aryl methyl sites for hydroxylation is 1. The maximum Gasteiger partial charge on any atom is 0.243 e. The number of rotatable bonds is 8. The average Bonchev–Trinajstić information content (AvgIpc) is 2.75. The lowest BCUT2D eigenvalue weighted by atomic mass is 10.2. The predicted molar refractivity (Wildman–Crippen MR) is 121 cm³/mol. The summed E-state index contributed by atoms with van der Waals surface area (Å²) in [5, 5.41) is 3.42. The Hall–Kier alpha value is -2.45. The Morgan fingerprint density at radius 2 is 1.77 bits per heavy atom. The van der Waals surface area contributed by atoms with Gasteiger partial charge >= 0.3 is 0 Å². The van der Waals surface area contributed by atoms with Crippen molar-refractivity contribution in [3.63, 3.8) is 0 Å². The summed E-state index contributed by atoms with van der Waals surface area (Å²) in [6.45, 7) is 1.73. The van der Waals surface area contributed by atoms with Gasteiger partial charge in [-0.3, -0.25) is 9.78 Å².